The van der Waals surface area contributed by atoms with Gasteiger partial charge in [0.15, 0.2) is 5.65 Å². The van der Waals surface area contributed by atoms with Crippen LogP contribution in [0.1, 0.15) is 11.3 Å². The lowest BCUT2D eigenvalue weighted by Gasteiger charge is -2.09. The zero-order valence-electron chi connectivity index (χ0n) is 8.29. The van der Waals surface area contributed by atoms with Crippen molar-refractivity contribution >= 4 is 21.6 Å². The summed E-state index contributed by atoms with van der Waals surface area (Å²) >= 11 is 3.04. The van der Waals surface area contributed by atoms with Crippen LogP contribution in [0.15, 0.2) is 22.9 Å². The minimum absolute atomic E-state index is 0.00885. The van der Waals surface area contributed by atoms with Gasteiger partial charge in [-0.05, 0) is 22.0 Å². The second-order valence-corrected chi connectivity index (χ2v) is 4.21. The van der Waals surface area contributed by atoms with Crippen molar-refractivity contribution < 1.29 is 13.2 Å². The van der Waals surface area contributed by atoms with Crippen molar-refractivity contribution in [1.29, 1.82) is 5.26 Å². The second-order valence-electron chi connectivity index (χ2n) is 3.35. The minimum Gasteiger partial charge on any atom is -0.301 e. The van der Waals surface area contributed by atoms with Gasteiger partial charge in [-0.1, -0.05) is 0 Å². The van der Waals surface area contributed by atoms with E-state index in [4.69, 9.17) is 5.26 Å². The Balaban J connectivity index is 2.70. The van der Waals surface area contributed by atoms with Crippen LogP contribution < -0.4 is 0 Å². The molecular formula is C10H5BrF3N3. The van der Waals surface area contributed by atoms with Gasteiger partial charge in [0.25, 0.3) is 0 Å². The maximum atomic E-state index is 12.6. The summed E-state index contributed by atoms with van der Waals surface area (Å²) in [7, 11) is 0. The van der Waals surface area contributed by atoms with E-state index in [0.717, 1.165) is 12.3 Å². The van der Waals surface area contributed by atoms with Gasteiger partial charge in [0.05, 0.1) is 34.4 Å². The molecule has 0 N–H and O–H groups in total. The molecule has 0 aliphatic carbocycles. The Hall–Kier alpha value is -1.55. The molecule has 88 valence electrons. The standard InChI is InChI=1S/C10H5BrF3N3/c11-8-3-6(10(12,13)14)5-17-7(1-2-15)4-16-9(8)17/h3-5H,1H2. The lowest BCUT2D eigenvalue weighted by atomic mass is 10.2. The summed E-state index contributed by atoms with van der Waals surface area (Å²) in [4.78, 5) is 3.96. The third-order valence-corrected chi connectivity index (χ3v) is 2.81. The number of hydrogen-bond donors (Lipinski definition) is 0. The number of hydrogen-bond acceptors (Lipinski definition) is 2. The van der Waals surface area contributed by atoms with Gasteiger partial charge in [0.2, 0.25) is 0 Å². The number of nitriles is 1. The van der Waals surface area contributed by atoms with E-state index >= 15 is 0 Å². The van der Waals surface area contributed by atoms with Crippen LogP contribution in [0, 0.1) is 11.3 Å². The first-order chi connectivity index (χ1) is 7.93. The zero-order valence-corrected chi connectivity index (χ0v) is 9.88. The molecule has 3 nitrogen and oxygen atoms in total. The molecule has 0 unspecified atom stereocenters. The molecule has 0 aliphatic heterocycles. The second kappa shape index (κ2) is 4.04. The van der Waals surface area contributed by atoms with Crippen molar-refractivity contribution in [3.8, 4) is 6.07 Å². The molecule has 17 heavy (non-hydrogen) atoms. The van der Waals surface area contributed by atoms with Crippen molar-refractivity contribution in [2.75, 3.05) is 0 Å². The molecule has 0 bridgehead atoms. The number of nitrogens with zero attached hydrogens (tertiary/aromatic N) is 3. The summed E-state index contributed by atoms with van der Waals surface area (Å²) in [5.41, 5.74) is 0.00612. The Morgan fingerprint density at radius 2 is 2.18 bits per heavy atom. The van der Waals surface area contributed by atoms with Gasteiger partial charge < -0.3 is 4.40 Å². The molecule has 0 aliphatic rings. The Morgan fingerprint density at radius 1 is 1.47 bits per heavy atom. The van der Waals surface area contributed by atoms with Gasteiger partial charge in [-0.2, -0.15) is 18.4 Å². The molecule has 0 spiro atoms. The normalized spacial score (nSPS) is 11.7. The summed E-state index contributed by atoms with van der Waals surface area (Å²) in [6.45, 7) is 0. The van der Waals surface area contributed by atoms with Gasteiger partial charge in [-0.3, -0.25) is 0 Å². The number of rotatable bonds is 1. The van der Waals surface area contributed by atoms with Crippen LogP contribution in [0.25, 0.3) is 5.65 Å². The molecule has 0 fully saturated rings. The fourth-order valence-corrected chi connectivity index (χ4v) is 2.00. The average molecular weight is 304 g/mol. The van der Waals surface area contributed by atoms with Crippen LogP contribution in [0.2, 0.25) is 0 Å². The van der Waals surface area contributed by atoms with Gasteiger partial charge in [-0.25, -0.2) is 4.98 Å². The molecular weight excluding hydrogens is 299 g/mol. The third-order valence-electron chi connectivity index (χ3n) is 2.23. The monoisotopic (exact) mass is 303 g/mol. The summed E-state index contributed by atoms with van der Waals surface area (Å²) in [5.74, 6) is 0. The maximum Gasteiger partial charge on any atom is 0.417 e. The molecule has 0 aromatic carbocycles. The molecule has 0 saturated heterocycles. The minimum atomic E-state index is -4.43. The summed E-state index contributed by atoms with van der Waals surface area (Å²) in [5, 5.41) is 8.57. The van der Waals surface area contributed by atoms with E-state index in [1.54, 1.807) is 0 Å². The van der Waals surface area contributed by atoms with Crippen LogP contribution in [0.5, 0.6) is 0 Å². The molecule has 2 aromatic rings. The molecule has 7 heteroatoms. The predicted octanol–water partition coefficient (Wildman–Crippen LogP) is 3.18. The van der Waals surface area contributed by atoms with Gasteiger partial charge in [-0.15, -0.1) is 0 Å². The summed E-state index contributed by atoms with van der Waals surface area (Å²) < 4.78 is 39.3. The molecule has 2 aromatic heterocycles. The van der Waals surface area contributed by atoms with Crippen LogP contribution >= 0.6 is 15.9 Å². The number of pyridine rings is 1. The van der Waals surface area contributed by atoms with E-state index in [0.29, 0.717) is 11.3 Å². The van der Waals surface area contributed by atoms with Crippen LogP contribution in [-0.4, -0.2) is 9.38 Å². The summed E-state index contributed by atoms with van der Waals surface area (Å²) in [6.07, 6.45) is -2.08. The van der Waals surface area contributed by atoms with Crippen molar-refractivity contribution in [1.82, 2.24) is 9.38 Å². The van der Waals surface area contributed by atoms with Crippen molar-refractivity contribution in [2.24, 2.45) is 0 Å². The Labute approximate surface area is 103 Å². The van der Waals surface area contributed by atoms with Crippen LogP contribution in [-0.2, 0) is 12.6 Å². The first-order valence-corrected chi connectivity index (χ1v) is 5.32. The summed E-state index contributed by atoms with van der Waals surface area (Å²) in [6, 6.07) is 2.85. The van der Waals surface area contributed by atoms with E-state index < -0.39 is 11.7 Å². The fraction of sp³-hybridized carbons (Fsp3) is 0.200. The SMILES string of the molecule is N#CCc1cnc2c(Br)cc(C(F)(F)F)cn12. The van der Waals surface area contributed by atoms with Gasteiger partial charge >= 0.3 is 6.18 Å². The molecule has 0 atom stereocenters. The highest BCUT2D eigenvalue weighted by atomic mass is 79.9. The third kappa shape index (κ3) is 2.13. The Kier molecular flexibility index (Phi) is 2.83. The highest BCUT2D eigenvalue weighted by molar-refractivity contribution is 9.10. The first kappa shape index (κ1) is 11.9. The number of aromatic nitrogens is 2. The highest BCUT2D eigenvalue weighted by Gasteiger charge is 2.31. The van der Waals surface area contributed by atoms with E-state index in [1.807, 2.05) is 6.07 Å². The maximum absolute atomic E-state index is 12.6. The Morgan fingerprint density at radius 3 is 2.76 bits per heavy atom. The zero-order chi connectivity index (χ0) is 12.6. The topological polar surface area (TPSA) is 41.1 Å². The van der Waals surface area contributed by atoms with Crippen molar-refractivity contribution in [3.63, 3.8) is 0 Å². The molecule has 2 rings (SSSR count). The largest absolute Gasteiger partial charge is 0.417 e. The van der Waals surface area contributed by atoms with Gasteiger partial charge in [0.1, 0.15) is 0 Å². The lowest BCUT2D eigenvalue weighted by molar-refractivity contribution is -0.137. The van der Waals surface area contributed by atoms with Gasteiger partial charge in [0, 0.05) is 6.20 Å². The molecule has 0 saturated carbocycles. The van der Waals surface area contributed by atoms with Crippen LogP contribution in [0.4, 0.5) is 13.2 Å². The average Bonchev–Trinajstić information content (AvgIpc) is 2.61. The number of imidazole rings is 1. The molecule has 2 heterocycles. The predicted molar refractivity (Wildman–Crippen MR) is 57.2 cm³/mol. The highest BCUT2D eigenvalue weighted by Crippen LogP contribution is 2.32. The Bertz CT molecular complexity index is 610. The first-order valence-electron chi connectivity index (χ1n) is 4.53. The number of alkyl halides is 3. The van der Waals surface area contributed by atoms with E-state index in [1.165, 1.54) is 10.6 Å². The number of halogens is 4. The lowest BCUT2D eigenvalue weighted by Crippen LogP contribution is -2.07. The van der Waals surface area contributed by atoms with E-state index in [2.05, 4.69) is 20.9 Å². The van der Waals surface area contributed by atoms with Crippen molar-refractivity contribution in [2.45, 2.75) is 12.6 Å². The quantitative estimate of drug-likeness (QED) is 0.812. The van der Waals surface area contributed by atoms with Crippen LogP contribution in [0.3, 0.4) is 0 Å². The van der Waals surface area contributed by atoms with Crippen molar-refractivity contribution in [3.05, 3.63) is 34.2 Å². The van der Waals surface area contributed by atoms with E-state index in [9.17, 15) is 13.2 Å². The number of fused-ring (bicyclic) bond motifs is 1. The smallest absolute Gasteiger partial charge is 0.301 e. The van der Waals surface area contributed by atoms with E-state index in [-0.39, 0.29) is 10.9 Å². The fourth-order valence-electron chi connectivity index (χ4n) is 1.46. The molecule has 0 radical (unpaired) electrons. The molecule has 0 amide bonds.